The van der Waals surface area contributed by atoms with E-state index >= 15 is 0 Å². The number of esters is 3. The second kappa shape index (κ2) is 9.11. The highest BCUT2D eigenvalue weighted by Gasteiger charge is 2.11. The fraction of sp³-hybridized carbons (Fsp3) is 0.600. The first-order valence-electron chi connectivity index (χ1n) is 4.91. The van der Waals surface area contributed by atoms with Crippen LogP contribution >= 0.6 is 0 Å². The monoisotopic (exact) mass is 262 g/mol. The zero-order valence-corrected chi connectivity index (χ0v) is 10.1. The smallest absolute Gasteiger partial charge is 0.344 e. The van der Waals surface area contributed by atoms with E-state index < -0.39 is 31.1 Å². The summed E-state index contributed by atoms with van der Waals surface area (Å²) in [5.74, 6) is -2.82. The third kappa shape index (κ3) is 9.28. The Balaban J connectivity index is 3.67. The van der Waals surface area contributed by atoms with Crippen LogP contribution in [0.5, 0.6) is 0 Å². The third-order valence-electron chi connectivity index (χ3n) is 1.40. The molecular weight excluding hydrogens is 248 g/mol. The molecule has 0 aliphatic rings. The lowest BCUT2D eigenvalue weighted by Crippen LogP contribution is -2.23. The molecule has 0 saturated heterocycles. The van der Waals surface area contributed by atoms with E-state index in [2.05, 4.69) is 18.9 Å². The molecule has 0 saturated carbocycles. The van der Waals surface area contributed by atoms with Gasteiger partial charge in [-0.1, -0.05) is 0 Å². The fourth-order valence-electron chi connectivity index (χ4n) is 0.704. The second-order valence-corrected chi connectivity index (χ2v) is 3.12. The Morgan fingerprint density at radius 1 is 0.722 bits per heavy atom. The highest BCUT2D eigenvalue weighted by molar-refractivity contribution is 5.82. The Morgan fingerprint density at radius 2 is 1.11 bits per heavy atom. The van der Waals surface area contributed by atoms with Crippen LogP contribution in [0.1, 0.15) is 6.92 Å². The summed E-state index contributed by atoms with van der Waals surface area (Å²) in [7, 11) is 1.30. The van der Waals surface area contributed by atoms with Crippen molar-refractivity contribution >= 4 is 23.7 Å². The molecule has 0 aromatic carbocycles. The summed E-state index contributed by atoms with van der Waals surface area (Å²) in [5, 5.41) is 0. The van der Waals surface area contributed by atoms with Gasteiger partial charge in [-0.3, -0.25) is 4.79 Å². The molecule has 0 bridgehead atoms. The van der Waals surface area contributed by atoms with Crippen LogP contribution in [0.2, 0.25) is 0 Å². The lowest BCUT2D eigenvalue weighted by atomic mass is 10.5. The second-order valence-electron chi connectivity index (χ2n) is 3.12. The Morgan fingerprint density at radius 3 is 1.50 bits per heavy atom. The zero-order chi connectivity index (χ0) is 14.0. The van der Waals surface area contributed by atoms with E-state index in [0.29, 0.717) is 0 Å². The van der Waals surface area contributed by atoms with Crippen molar-refractivity contribution < 1.29 is 38.1 Å². The normalized spacial score (nSPS) is 9.44. The highest BCUT2D eigenvalue weighted by atomic mass is 16.6. The van der Waals surface area contributed by atoms with Gasteiger partial charge in [-0.05, 0) is 6.92 Å². The number of rotatable bonds is 8. The van der Waals surface area contributed by atoms with Crippen LogP contribution < -0.4 is 0 Å². The molecular formula is C10H14O8. The number of hydrogen-bond acceptors (Lipinski definition) is 8. The molecule has 0 aromatic heterocycles. The topological polar surface area (TPSA) is 105 Å². The fourth-order valence-corrected chi connectivity index (χ4v) is 0.704. The quantitative estimate of drug-likeness (QED) is 0.399. The van der Waals surface area contributed by atoms with Crippen molar-refractivity contribution in [3.8, 4) is 0 Å². The van der Waals surface area contributed by atoms with E-state index in [0.717, 1.165) is 0 Å². The number of methoxy groups -OCH3 is 1. The van der Waals surface area contributed by atoms with Crippen molar-refractivity contribution in [1.29, 1.82) is 0 Å². The maximum Gasteiger partial charge on any atom is 0.344 e. The van der Waals surface area contributed by atoms with Crippen LogP contribution in [0, 0.1) is 0 Å². The van der Waals surface area contributed by atoms with Crippen molar-refractivity contribution in [1.82, 2.24) is 0 Å². The predicted octanol–water partition coefficient (Wildman–Crippen LogP) is -1.15. The Labute approximate surface area is 103 Å². The summed E-state index contributed by atoms with van der Waals surface area (Å²) >= 11 is 0. The van der Waals surface area contributed by atoms with Crippen molar-refractivity contribution in [3.63, 3.8) is 0 Å². The van der Waals surface area contributed by atoms with Gasteiger partial charge >= 0.3 is 17.9 Å². The molecule has 0 spiro atoms. The van der Waals surface area contributed by atoms with Gasteiger partial charge in [0, 0.05) is 7.11 Å². The SMILES string of the molecule is COCC(=O)OCC(=O)OCC(=O)OCC(C)=O. The summed E-state index contributed by atoms with van der Waals surface area (Å²) in [6.45, 7) is -0.683. The first kappa shape index (κ1) is 16.0. The first-order chi connectivity index (χ1) is 8.45. The van der Waals surface area contributed by atoms with Gasteiger partial charge in [0.15, 0.2) is 19.0 Å². The maximum absolute atomic E-state index is 11.0. The van der Waals surface area contributed by atoms with Crippen molar-refractivity contribution in [2.45, 2.75) is 6.92 Å². The molecule has 0 aliphatic carbocycles. The average Bonchev–Trinajstić information content (AvgIpc) is 2.31. The van der Waals surface area contributed by atoms with Crippen molar-refractivity contribution in [3.05, 3.63) is 0 Å². The molecule has 0 N–H and O–H groups in total. The van der Waals surface area contributed by atoms with Crippen LogP contribution in [0.4, 0.5) is 0 Å². The molecule has 0 aromatic rings. The minimum Gasteiger partial charge on any atom is -0.455 e. The van der Waals surface area contributed by atoms with E-state index in [1.54, 1.807) is 0 Å². The van der Waals surface area contributed by atoms with Crippen LogP contribution in [0.15, 0.2) is 0 Å². The lowest BCUT2D eigenvalue weighted by molar-refractivity contribution is -0.166. The van der Waals surface area contributed by atoms with Gasteiger partial charge in [0.05, 0.1) is 0 Å². The molecule has 0 amide bonds. The summed E-state index contributed by atoms with van der Waals surface area (Å²) in [6.07, 6.45) is 0. The highest BCUT2D eigenvalue weighted by Crippen LogP contribution is 1.87. The van der Waals surface area contributed by atoms with Crippen LogP contribution in [-0.4, -0.2) is 57.2 Å². The Hall–Kier alpha value is -1.96. The largest absolute Gasteiger partial charge is 0.455 e. The molecule has 0 unspecified atom stereocenters. The summed E-state index contributed by atoms with van der Waals surface area (Å²) in [6, 6.07) is 0. The number of carbonyl (C=O) groups is 4. The number of ketones is 1. The molecule has 0 rings (SSSR count). The van der Waals surface area contributed by atoms with Gasteiger partial charge < -0.3 is 18.9 Å². The first-order valence-corrected chi connectivity index (χ1v) is 4.91. The molecule has 0 fully saturated rings. The summed E-state index contributed by atoms with van der Waals surface area (Å²) in [5.41, 5.74) is 0. The number of ether oxygens (including phenoxy) is 4. The predicted molar refractivity (Wildman–Crippen MR) is 55.4 cm³/mol. The zero-order valence-electron chi connectivity index (χ0n) is 10.1. The summed E-state index contributed by atoms with van der Waals surface area (Å²) < 4.78 is 17.7. The van der Waals surface area contributed by atoms with E-state index in [1.807, 2.05) is 0 Å². The van der Waals surface area contributed by atoms with Gasteiger partial charge in [-0.15, -0.1) is 0 Å². The van der Waals surface area contributed by atoms with Crippen LogP contribution in [0.25, 0.3) is 0 Å². The molecule has 0 atom stereocenters. The van der Waals surface area contributed by atoms with Gasteiger partial charge in [0.1, 0.15) is 13.2 Å². The minimum atomic E-state index is -0.903. The van der Waals surface area contributed by atoms with Gasteiger partial charge in [-0.2, -0.15) is 0 Å². The van der Waals surface area contributed by atoms with E-state index in [-0.39, 0.29) is 19.0 Å². The molecule has 102 valence electrons. The van der Waals surface area contributed by atoms with E-state index in [9.17, 15) is 19.2 Å². The van der Waals surface area contributed by atoms with Crippen molar-refractivity contribution in [2.75, 3.05) is 33.5 Å². The van der Waals surface area contributed by atoms with Crippen LogP contribution in [0.3, 0.4) is 0 Å². The molecule has 18 heavy (non-hydrogen) atoms. The number of hydrogen-bond donors (Lipinski definition) is 0. The van der Waals surface area contributed by atoms with Crippen LogP contribution in [-0.2, 0) is 38.1 Å². The molecule has 8 nitrogen and oxygen atoms in total. The molecule has 0 heterocycles. The Bertz CT molecular complexity index is 322. The van der Waals surface area contributed by atoms with E-state index in [4.69, 9.17) is 0 Å². The molecule has 8 heteroatoms. The number of carbonyl (C=O) groups excluding carboxylic acids is 4. The van der Waals surface area contributed by atoms with Crippen molar-refractivity contribution in [2.24, 2.45) is 0 Å². The van der Waals surface area contributed by atoms with E-state index in [1.165, 1.54) is 14.0 Å². The molecule has 0 radical (unpaired) electrons. The van der Waals surface area contributed by atoms with Gasteiger partial charge in [-0.25, -0.2) is 14.4 Å². The summed E-state index contributed by atoms with van der Waals surface area (Å²) in [4.78, 5) is 43.1. The number of Topliss-reactive ketones (excluding diaryl/α,β-unsaturated/α-hetero) is 1. The standard InChI is InChI=1S/C10H14O8/c1-7(11)3-16-9(13)5-18-10(14)6-17-8(12)4-15-2/h3-6H2,1-2H3. The third-order valence-corrected chi connectivity index (χ3v) is 1.40. The lowest BCUT2D eigenvalue weighted by Gasteiger charge is -2.05. The van der Waals surface area contributed by atoms with Gasteiger partial charge in [0.25, 0.3) is 0 Å². The van der Waals surface area contributed by atoms with Gasteiger partial charge in [0.2, 0.25) is 0 Å². The maximum atomic E-state index is 11.0. The average molecular weight is 262 g/mol. The minimum absolute atomic E-state index is 0.284. The Kier molecular flexibility index (Phi) is 8.12. The molecule has 0 aliphatic heterocycles.